The minimum atomic E-state index is 0.844. The molecule has 1 nitrogen and oxygen atoms in total. The predicted molar refractivity (Wildman–Crippen MR) is 82.5 cm³/mol. The molecule has 0 amide bonds. The summed E-state index contributed by atoms with van der Waals surface area (Å²) in [6.07, 6.45) is 14.0. The number of hydrogen-bond acceptors (Lipinski definition) is 1. The second-order valence-electron chi connectivity index (χ2n) is 5.91. The van der Waals surface area contributed by atoms with Gasteiger partial charge in [0.1, 0.15) is 0 Å². The maximum Gasteiger partial charge on any atom is 0.0226 e. The summed E-state index contributed by atoms with van der Waals surface area (Å²) in [5.74, 6) is 1.73. The molecule has 1 saturated heterocycles. The Balaban J connectivity index is 1.84. The van der Waals surface area contributed by atoms with Gasteiger partial charge in [-0.1, -0.05) is 51.9 Å². The van der Waals surface area contributed by atoms with E-state index in [1.54, 1.807) is 0 Å². The van der Waals surface area contributed by atoms with E-state index >= 15 is 0 Å². The van der Waals surface area contributed by atoms with Gasteiger partial charge in [-0.05, 0) is 38.3 Å². The van der Waals surface area contributed by atoms with Crippen molar-refractivity contribution < 1.29 is 0 Å². The highest BCUT2D eigenvalue weighted by molar-refractivity contribution is 6.17. The van der Waals surface area contributed by atoms with E-state index in [0.29, 0.717) is 0 Å². The van der Waals surface area contributed by atoms with Gasteiger partial charge in [0.05, 0.1) is 0 Å². The fraction of sp³-hybridized carbons (Fsp3) is 1.00. The molecule has 1 heterocycles. The number of nitrogens with zero attached hydrogens (tertiary/aromatic N) is 1. The summed E-state index contributed by atoms with van der Waals surface area (Å²) in [5.41, 5.74) is 0. The van der Waals surface area contributed by atoms with E-state index in [0.717, 1.165) is 11.8 Å². The number of unbranched alkanes of at least 4 members (excludes halogenated alkanes) is 7. The SMILES string of the molecule is CCCCCCCCCCN1CCC(CCCl)C1. The fourth-order valence-corrected chi connectivity index (χ4v) is 3.28. The van der Waals surface area contributed by atoms with Crippen LogP contribution in [0.4, 0.5) is 0 Å². The van der Waals surface area contributed by atoms with Crippen molar-refractivity contribution in [2.75, 3.05) is 25.5 Å². The minimum absolute atomic E-state index is 0.844. The smallest absolute Gasteiger partial charge is 0.0226 e. The van der Waals surface area contributed by atoms with Gasteiger partial charge in [0.15, 0.2) is 0 Å². The van der Waals surface area contributed by atoms with Crippen molar-refractivity contribution in [1.82, 2.24) is 4.90 Å². The third-order valence-corrected chi connectivity index (χ3v) is 4.43. The van der Waals surface area contributed by atoms with E-state index in [-0.39, 0.29) is 0 Å². The fourth-order valence-electron chi connectivity index (χ4n) is 2.98. The van der Waals surface area contributed by atoms with Crippen LogP contribution in [0.3, 0.4) is 0 Å². The molecule has 1 aliphatic rings. The third kappa shape index (κ3) is 7.63. The molecule has 0 saturated carbocycles. The van der Waals surface area contributed by atoms with Gasteiger partial charge in [0.2, 0.25) is 0 Å². The zero-order valence-electron chi connectivity index (χ0n) is 12.3. The number of halogens is 1. The normalized spacial score (nSPS) is 20.7. The summed E-state index contributed by atoms with van der Waals surface area (Å²) in [6.45, 7) is 6.24. The first kappa shape index (κ1) is 16.3. The summed E-state index contributed by atoms with van der Waals surface area (Å²) in [4.78, 5) is 2.65. The van der Waals surface area contributed by atoms with Crippen LogP contribution in [0, 0.1) is 5.92 Å². The Morgan fingerprint density at radius 1 is 1.00 bits per heavy atom. The van der Waals surface area contributed by atoms with Crippen molar-refractivity contribution >= 4 is 11.6 Å². The Labute approximate surface area is 119 Å². The first-order chi connectivity index (χ1) is 8.86. The molecule has 1 fully saturated rings. The van der Waals surface area contributed by atoms with Gasteiger partial charge < -0.3 is 4.90 Å². The molecule has 0 aromatic heterocycles. The van der Waals surface area contributed by atoms with Crippen molar-refractivity contribution in [2.45, 2.75) is 71.1 Å². The van der Waals surface area contributed by atoms with Gasteiger partial charge in [-0.2, -0.15) is 0 Å². The van der Waals surface area contributed by atoms with Crippen LogP contribution >= 0.6 is 11.6 Å². The standard InChI is InChI=1S/C16H32ClN/c1-2-3-4-5-6-7-8-9-13-18-14-11-16(15-18)10-12-17/h16H,2-15H2,1H3. The van der Waals surface area contributed by atoms with Crippen molar-refractivity contribution in [3.8, 4) is 0 Å². The molecule has 0 aliphatic carbocycles. The number of rotatable bonds is 11. The van der Waals surface area contributed by atoms with Crippen LogP contribution in [-0.2, 0) is 0 Å². The second-order valence-corrected chi connectivity index (χ2v) is 6.29. The summed E-state index contributed by atoms with van der Waals surface area (Å²) in [5, 5.41) is 0. The average Bonchev–Trinajstić information content (AvgIpc) is 2.81. The highest BCUT2D eigenvalue weighted by Crippen LogP contribution is 2.20. The van der Waals surface area contributed by atoms with Crippen molar-refractivity contribution in [3.63, 3.8) is 0 Å². The van der Waals surface area contributed by atoms with E-state index in [1.165, 1.54) is 83.8 Å². The maximum absolute atomic E-state index is 5.81. The van der Waals surface area contributed by atoms with E-state index in [2.05, 4.69) is 11.8 Å². The first-order valence-electron chi connectivity index (χ1n) is 8.15. The Hall–Kier alpha value is 0.250. The van der Waals surface area contributed by atoms with E-state index in [1.807, 2.05) is 0 Å². The highest BCUT2D eigenvalue weighted by Gasteiger charge is 2.20. The van der Waals surface area contributed by atoms with E-state index < -0.39 is 0 Å². The lowest BCUT2D eigenvalue weighted by atomic mass is 10.1. The quantitative estimate of drug-likeness (QED) is 0.375. The molecule has 1 rings (SSSR count). The molecule has 1 aliphatic heterocycles. The molecule has 108 valence electrons. The number of likely N-dealkylation sites (tertiary alicyclic amines) is 1. The van der Waals surface area contributed by atoms with Crippen molar-refractivity contribution in [3.05, 3.63) is 0 Å². The molecular weight excluding hydrogens is 242 g/mol. The summed E-state index contributed by atoms with van der Waals surface area (Å²) >= 11 is 5.81. The van der Waals surface area contributed by atoms with Gasteiger partial charge in [-0.15, -0.1) is 11.6 Å². The minimum Gasteiger partial charge on any atom is -0.303 e. The monoisotopic (exact) mass is 273 g/mol. The Kier molecular flexibility index (Phi) is 10.1. The molecule has 1 atom stereocenters. The highest BCUT2D eigenvalue weighted by atomic mass is 35.5. The zero-order valence-corrected chi connectivity index (χ0v) is 13.1. The second kappa shape index (κ2) is 11.1. The van der Waals surface area contributed by atoms with Gasteiger partial charge in [-0.3, -0.25) is 0 Å². The van der Waals surface area contributed by atoms with Gasteiger partial charge in [-0.25, -0.2) is 0 Å². The molecule has 1 unspecified atom stereocenters. The summed E-state index contributed by atoms with van der Waals surface area (Å²) in [6, 6.07) is 0. The summed E-state index contributed by atoms with van der Waals surface area (Å²) in [7, 11) is 0. The summed E-state index contributed by atoms with van der Waals surface area (Å²) < 4.78 is 0. The van der Waals surface area contributed by atoms with Crippen LogP contribution in [-0.4, -0.2) is 30.4 Å². The van der Waals surface area contributed by atoms with Crippen LogP contribution in [0.15, 0.2) is 0 Å². The maximum atomic E-state index is 5.81. The first-order valence-corrected chi connectivity index (χ1v) is 8.68. The van der Waals surface area contributed by atoms with Crippen LogP contribution < -0.4 is 0 Å². The van der Waals surface area contributed by atoms with Crippen LogP contribution in [0.25, 0.3) is 0 Å². The number of alkyl halides is 1. The Morgan fingerprint density at radius 2 is 1.67 bits per heavy atom. The van der Waals surface area contributed by atoms with Crippen molar-refractivity contribution in [1.29, 1.82) is 0 Å². The molecule has 18 heavy (non-hydrogen) atoms. The lowest BCUT2D eigenvalue weighted by molar-refractivity contribution is 0.313. The van der Waals surface area contributed by atoms with Gasteiger partial charge in [0, 0.05) is 12.4 Å². The molecule has 0 aromatic rings. The molecular formula is C16H32ClN. The largest absolute Gasteiger partial charge is 0.303 e. The Bertz CT molecular complexity index is 184. The number of hydrogen-bond donors (Lipinski definition) is 0. The predicted octanol–water partition coefficient (Wildman–Crippen LogP) is 5.08. The lowest BCUT2D eigenvalue weighted by Gasteiger charge is -2.15. The zero-order chi connectivity index (χ0) is 13.1. The average molecular weight is 274 g/mol. The Morgan fingerprint density at radius 3 is 2.33 bits per heavy atom. The molecule has 0 N–H and O–H groups in total. The van der Waals surface area contributed by atoms with Crippen LogP contribution in [0.1, 0.15) is 71.1 Å². The van der Waals surface area contributed by atoms with E-state index in [4.69, 9.17) is 11.6 Å². The third-order valence-electron chi connectivity index (χ3n) is 4.22. The lowest BCUT2D eigenvalue weighted by Crippen LogP contribution is -2.22. The van der Waals surface area contributed by atoms with E-state index in [9.17, 15) is 0 Å². The molecule has 2 heteroatoms. The molecule has 0 spiro atoms. The topological polar surface area (TPSA) is 3.24 Å². The molecule has 0 bridgehead atoms. The van der Waals surface area contributed by atoms with Crippen LogP contribution in [0.5, 0.6) is 0 Å². The van der Waals surface area contributed by atoms with Gasteiger partial charge >= 0.3 is 0 Å². The van der Waals surface area contributed by atoms with Crippen molar-refractivity contribution in [2.24, 2.45) is 5.92 Å². The van der Waals surface area contributed by atoms with Gasteiger partial charge in [0.25, 0.3) is 0 Å². The van der Waals surface area contributed by atoms with Crippen LogP contribution in [0.2, 0.25) is 0 Å². The molecule has 0 radical (unpaired) electrons. The molecule has 0 aromatic carbocycles.